The second-order valence-corrected chi connectivity index (χ2v) is 7.58. The molecule has 2 aromatic carbocycles. The van der Waals surface area contributed by atoms with E-state index in [0.717, 1.165) is 5.56 Å². The number of hydrogen-bond donors (Lipinski definition) is 2. The number of hydrogen-bond acceptors (Lipinski definition) is 7. The number of aromatic nitrogens is 2. The summed E-state index contributed by atoms with van der Waals surface area (Å²) in [6, 6.07) is 15.7. The first kappa shape index (κ1) is 21.3. The van der Waals surface area contributed by atoms with Crippen LogP contribution in [0.2, 0.25) is 0 Å². The minimum absolute atomic E-state index is 0.188. The largest absolute Gasteiger partial charge is 0.495 e. The quantitative estimate of drug-likeness (QED) is 0.407. The van der Waals surface area contributed by atoms with E-state index in [2.05, 4.69) is 20.8 Å². The van der Waals surface area contributed by atoms with E-state index in [4.69, 9.17) is 9.26 Å². The molecule has 0 fully saturated rings. The number of carbonyl (C=O) groups excluding carboxylic acids is 2. The number of nitrogens with one attached hydrogen (secondary N) is 2. The van der Waals surface area contributed by atoms with Crippen LogP contribution in [0, 0.1) is 0 Å². The lowest BCUT2D eigenvalue weighted by Gasteiger charge is -2.10. The molecule has 2 heterocycles. The van der Waals surface area contributed by atoms with Gasteiger partial charge in [0, 0.05) is 35.0 Å². The molecular weight excluding hydrogens is 428 g/mol. The third-order valence-electron chi connectivity index (χ3n) is 4.60. The molecule has 0 aliphatic rings. The molecule has 0 atom stereocenters. The van der Waals surface area contributed by atoms with Crippen molar-refractivity contribution in [1.82, 2.24) is 10.1 Å². The van der Waals surface area contributed by atoms with Crippen LogP contribution in [-0.2, 0) is 11.2 Å². The average Bonchev–Trinajstić information content (AvgIpc) is 3.50. The number of rotatable bonds is 8. The Hall–Kier alpha value is -3.98. The number of ether oxygens (including phenoxy) is 1. The SMILES string of the molecule is COc1ccccc1NC(=O)c1ccc(NC(=O)CCc2nc(-c3ccsc3)no2)cc1. The van der Waals surface area contributed by atoms with Gasteiger partial charge in [-0.15, -0.1) is 0 Å². The van der Waals surface area contributed by atoms with Crippen LogP contribution in [0.5, 0.6) is 5.75 Å². The summed E-state index contributed by atoms with van der Waals surface area (Å²) in [6.07, 6.45) is 0.531. The monoisotopic (exact) mass is 448 g/mol. The minimum atomic E-state index is -0.273. The van der Waals surface area contributed by atoms with Gasteiger partial charge >= 0.3 is 0 Å². The smallest absolute Gasteiger partial charge is 0.255 e. The summed E-state index contributed by atoms with van der Waals surface area (Å²) in [5.74, 6) is 1.04. The lowest BCUT2D eigenvalue weighted by atomic mass is 10.1. The predicted octanol–water partition coefficient (Wildman–Crippen LogP) is 4.63. The first-order valence-corrected chi connectivity index (χ1v) is 10.8. The zero-order chi connectivity index (χ0) is 22.3. The van der Waals surface area contributed by atoms with Crippen molar-refractivity contribution in [3.63, 3.8) is 0 Å². The van der Waals surface area contributed by atoms with Crippen molar-refractivity contribution in [2.75, 3.05) is 17.7 Å². The molecule has 2 amide bonds. The van der Waals surface area contributed by atoms with E-state index in [9.17, 15) is 9.59 Å². The zero-order valence-electron chi connectivity index (χ0n) is 17.2. The van der Waals surface area contributed by atoms with Crippen molar-refractivity contribution in [2.24, 2.45) is 0 Å². The Bertz CT molecular complexity index is 1200. The first-order chi connectivity index (χ1) is 15.6. The zero-order valence-corrected chi connectivity index (χ0v) is 18.0. The van der Waals surface area contributed by atoms with Gasteiger partial charge in [-0.25, -0.2) is 0 Å². The van der Waals surface area contributed by atoms with Gasteiger partial charge in [0.05, 0.1) is 12.8 Å². The second kappa shape index (κ2) is 9.88. The van der Waals surface area contributed by atoms with Crippen LogP contribution in [-0.4, -0.2) is 29.1 Å². The Morgan fingerprint density at radius 2 is 1.88 bits per heavy atom. The molecule has 0 saturated heterocycles. The lowest BCUT2D eigenvalue weighted by Crippen LogP contribution is -2.14. The molecule has 9 heteroatoms. The second-order valence-electron chi connectivity index (χ2n) is 6.80. The van der Waals surface area contributed by atoms with Crippen LogP contribution in [0.1, 0.15) is 22.7 Å². The molecular formula is C23H20N4O4S. The van der Waals surface area contributed by atoms with Gasteiger partial charge in [-0.3, -0.25) is 9.59 Å². The van der Waals surface area contributed by atoms with Gasteiger partial charge in [-0.1, -0.05) is 17.3 Å². The van der Waals surface area contributed by atoms with Gasteiger partial charge < -0.3 is 19.9 Å². The fraction of sp³-hybridized carbons (Fsp3) is 0.130. The van der Waals surface area contributed by atoms with E-state index in [1.54, 1.807) is 54.8 Å². The Labute approximate surface area is 188 Å². The third-order valence-corrected chi connectivity index (χ3v) is 5.28. The highest BCUT2D eigenvalue weighted by Crippen LogP contribution is 2.24. The summed E-state index contributed by atoms with van der Waals surface area (Å²) in [7, 11) is 1.55. The lowest BCUT2D eigenvalue weighted by molar-refractivity contribution is -0.116. The third kappa shape index (κ3) is 5.19. The maximum atomic E-state index is 12.5. The minimum Gasteiger partial charge on any atom is -0.495 e. The summed E-state index contributed by atoms with van der Waals surface area (Å²) in [5, 5.41) is 13.4. The maximum absolute atomic E-state index is 12.5. The Morgan fingerprint density at radius 1 is 1.06 bits per heavy atom. The van der Waals surface area contributed by atoms with Crippen molar-refractivity contribution in [1.29, 1.82) is 0 Å². The van der Waals surface area contributed by atoms with E-state index >= 15 is 0 Å². The highest BCUT2D eigenvalue weighted by Gasteiger charge is 2.12. The van der Waals surface area contributed by atoms with Gasteiger partial charge in [0.25, 0.3) is 5.91 Å². The van der Waals surface area contributed by atoms with Crippen LogP contribution < -0.4 is 15.4 Å². The van der Waals surface area contributed by atoms with E-state index in [1.807, 2.05) is 29.0 Å². The maximum Gasteiger partial charge on any atom is 0.255 e. The van der Waals surface area contributed by atoms with E-state index < -0.39 is 0 Å². The summed E-state index contributed by atoms with van der Waals surface area (Å²) in [6.45, 7) is 0. The summed E-state index contributed by atoms with van der Waals surface area (Å²) < 4.78 is 10.4. The van der Waals surface area contributed by atoms with Crippen molar-refractivity contribution in [3.8, 4) is 17.1 Å². The molecule has 4 rings (SSSR count). The first-order valence-electron chi connectivity index (χ1n) is 9.82. The number of aryl methyl sites for hydroxylation is 1. The number of methoxy groups -OCH3 is 1. The Balaban J connectivity index is 1.29. The topological polar surface area (TPSA) is 106 Å². The van der Waals surface area contributed by atoms with Gasteiger partial charge in [-0.2, -0.15) is 16.3 Å². The molecule has 0 spiro atoms. The fourth-order valence-electron chi connectivity index (χ4n) is 2.96. The number of anilines is 2. The molecule has 0 bridgehead atoms. The van der Waals surface area contributed by atoms with Crippen molar-refractivity contribution in [3.05, 3.63) is 76.8 Å². The van der Waals surface area contributed by atoms with Gasteiger partial charge in [0.2, 0.25) is 17.6 Å². The molecule has 4 aromatic rings. The van der Waals surface area contributed by atoms with Crippen molar-refractivity contribution < 1.29 is 18.8 Å². The van der Waals surface area contributed by atoms with Crippen LogP contribution >= 0.6 is 11.3 Å². The van der Waals surface area contributed by atoms with E-state index in [-0.39, 0.29) is 18.2 Å². The molecule has 0 saturated carbocycles. The molecule has 2 aromatic heterocycles. The number of amides is 2. The standard InChI is InChI=1S/C23H20N4O4S/c1-30-19-5-3-2-4-18(19)25-23(29)15-6-8-17(9-7-15)24-20(28)10-11-21-26-22(27-31-21)16-12-13-32-14-16/h2-9,12-14H,10-11H2,1H3,(H,24,28)(H,25,29). The van der Waals surface area contributed by atoms with Crippen molar-refractivity contribution >= 4 is 34.5 Å². The van der Waals surface area contributed by atoms with Gasteiger partial charge in [-0.05, 0) is 47.8 Å². The number of thiophene rings is 1. The number of benzene rings is 2. The summed E-state index contributed by atoms with van der Waals surface area (Å²) in [5.41, 5.74) is 2.53. The molecule has 32 heavy (non-hydrogen) atoms. The van der Waals surface area contributed by atoms with Gasteiger partial charge in [0.1, 0.15) is 5.75 Å². The molecule has 0 aliphatic heterocycles. The highest BCUT2D eigenvalue weighted by atomic mass is 32.1. The number of para-hydroxylation sites is 2. The van der Waals surface area contributed by atoms with Crippen LogP contribution in [0.4, 0.5) is 11.4 Å². The van der Waals surface area contributed by atoms with E-state index in [0.29, 0.717) is 40.8 Å². The molecule has 0 radical (unpaired) electrons. The molecule has 162 valence electrons. The highest BCUT2D eigenvalue weighted by molar-refractivity contribution is 7.08. The Kier molecular flexibility index (Phi) is 6.57. The summed E-state index contributed by atoms with van der Waals surface area (Å²) in [4.78, 5) is 29.0. The number of carbonyl (C=O) groups is 2. The molecule has 8 nitrogen and oxygen atoms in total. The van der Waals surface area contributed by atoms with Crippen LogP contribution in [0.15, 0.2) is 69.9 Å². The molecule has 0 aliphatic carbocycles. The Morgan fingerprint density at radius 3 is 2.62 bits per heavy atom. The van der Waals surface area contributed by atoms with Gasteiger partial charge in [0.15, 0.2) is 0 Å². The summed E-state index contributed by atoms with van der Waals surface area (Å²) >= 11 is 1.55. The van der Waals surface area contributed by atoms with E-state index in [1.165, 1.54) is 0 Å². The molecule has 2 N–H and O–H groups in total. The van der Waals surface area contributed by atoms with Crippen LogP contribution in [0.3, 0.4) is 0 Å². The molecule has 0 unspecified atom stereocenters. The fourth-order valence-corrected chi connectivity index (χ4v) is 3.59. The van der Waals surface area contributed by atoms with Crippen molar-refractivity contribution in [2.45, 2.75) is 12.8 Å². The average molecular weight is 449 g/mol. The van der Waals surface area contributed by atoms with Crippen LogP contribution in [0.25, 0.3) is 11.4 Å². The number of nitrogens with zero attached hydrogens (tertiary/aromatic N) is 2. The predicted molar refractivity (Wildman–Crippen MR) is 122 cm³/mol. The normalized spacial score (nSPS) is 10.5.